The minimum absolute atomic E-state index is 0.0161. The zero-order chi connectivity index (χ0) is 13.8. The lowest BCUT2D eigenvalue weighted by Crippen LogP contribution is -1.96. The molecule has 1 heterocycles. The van der Waals surface area contributed by atoms with Gasteiger partial charge in [0.1, 0.15) is 11.6 Å². The van der Waals surface area contributed by atoms with Crippen LogP contribution in [0, 0.1) is 10.1 Å². The number of nitro groups is 1. The molecule has 1 N–H and O–H groups in total. The second-order valence-corrected chi connectivity index (χ2v) is 3.98. The zero-order valence-corrected chi connectivity index (χ0v) is 10.7. The van der Waals surface area contributed by atoms with Crippen LogP contribution in [0.4, 0.5) is 11.5 Å². The van der Waals surface area contributed by atoms with E-state index in [0.717, 1.165) is 0 Å². The molecule has 2 aromatic rings. The Balaban J connectivity index is 2.40. The van der Waals surface area contributed by atoms with Crippen molar-refractivity contribution in [1.29, 1.82) is 0 Å². The highest BCUT2D eigenvalue weighted by molar-refractivity contribution is 6.32. The monoisotopic (exact) mass is 279 g/mol. The SMILES string of the molecule is CNc1cc(Oc2c(Cl)cccc2[N+](=O)[O-])ccn1. The number of ether oxygens (including phenoxy) is 1. The van der Waals surface area contributed by atoms with Crippen LogP contribution in [0.3, 0.4) is 0 Å². The summed E-state index contributed by atoms with van der Waals surface area (Å²) < 4.78 is 5.49. The molecule has 0 aliphatic rings. The van der Waals surface area contributed by atoms with Gasteiger partial charge in [0.2, 0.25) is 5.75 Å². The number of benzene rings is 1. The summed E-state index contributed by atoms with van der Waals surface area (Å²) in [6, 6.07) is 7.57. The Labute approximate surface area is 114 Å². The van der Waals surface area contributed by atoms with Gasteiger partial charge >= 0.3 is 5.69 Å². The topological polar surface area (TPSA) is 77.3 Å². The van der Waals surface area contributed by atoms with Gasteiger partial charge in [-0.05, 0) is 12.1 Å². The zero-order valence-electron chi connectivity index (χ0n) is 9.96. The fourth-order valence-electron chi connectivity index (χ4n) is 1.47. The predicted molar refractivity (Wildman–Crippen MR) is 72.0 cm³/mol. The normalized spacial score (nSPS) is 10.0. The predicted octanol–water partition coefficient (Wildman–Crippen LogP) is 3.48. The molecule has 0 saturated carbocycles. The van der Waals surface area contributed by atoms with Crippen molar-refractivity contribution in [2.75, 3.05) is 12.4 Å². The van der Waals surface area contributed by atoms with Crippen LogP contribution in [0.15, 0.2) is 36.5 Å². The van der Waals surface area contributed by atoms with E-state index in [4.69, 9.17) is 16.3 Å². The van der Waals surface area contributed by atoms with E-state index >= 15 is 0 Å². The third-order valence-corrected chi connectivity index (χ3v) is 2.65. The van der Waals surface area contributed by atoms with E-state index in [1.54, 1.807) is 19.2 Å². The average molecular weight is 280 g/mol. The first kappa shape index (κ1) is 13.1. The number of aromatic nitrogens is 1. The van der Waals surface area contributed by atoms with E-state index in [0.29, 0.717) is 11.6 Å². The third-order valence-electron chi connectivity index (χ3n) is 2.35. The van der Waals surface area contributed by atoms with Gasteiger partial charge in [0.05, 0.1) is 9.95 Å². The van der Waals surface area contributed by atoms with Crippen LogP contribution in [0.5, 0.6) is 11.5 Å². The molecule has 0 fully saturated rings. The Kier molecular flexibility index (Phi) is 3.82. The van der Waals surface area contributed by atoms with Gasteiger partial charge in [0.25, 0.3) is 0 Å². The van der Waals surface area contributed by atoms with E-state index in [1.165, 1.54) is 24.4 Å². The standard InChI is InChI=1S/C12H10ClN3O3/c1-14-11-7-8(5-6-15-11)19-12-9(13)3-2-4-10(12)16(17)18/h2-7H,1H3,(H,14,15). The first-order valence-electron chi connectivity index (χ1n) is 5.36. The maximum atomic E-state index is 10.9. The van der Waals surface area contributed by atoms with Crippen molar-refractivity contribution in [3.8, 4) is 11.5 Å². The van der Waals surface area contributed by atoms with Crippen LogP contribution in [0.25, 0.3) is 0 Å². The fraction of sp³-hybridized carbons (Fsp3) is 0.0833. The number of nitro benzene ring substituents is 1. The van der Waals surface area contributed by atoms with Gasteiger partial charge in [-0.3, -0.25) is 10.1 Å². The highest BCUT2D eigenvalue weighted by Gasteiger charge is 2.19. The molecule has 0 amide bonds. The summed E-state index contributed by atoms with van der Waals surface area (Å²) in [7, 11) is 1.71. The Hall–Kier alpha value is -2.34. The Morgan fingerprint density at radius 3 is 2.89 bits per heavy atom. The molecule has 1 aromatic heterocycles. The Bertz CT molecular complexity index is 619. The van der Waals surface area contributed by atoms with E-state index in [2.05, 4.69) is 10.3 Å². The van der Waals surface area contributed by atoms with E-state index in [9.17, 15) is 10.1 Å². The van der Waals surface area contributed by atoms with Crippen LogP contribution >= 0.6 is 11.6 Å². The maximum Gasteiger partial charge on any atom is 0.313 e. The molecule has 2 rings (SSSR count). The van der Waals surface area contributed by atoms with Gasteiger partial charge < -0.3 is 10.1 Å². The molecule has 0 spiro atoms. The number of nitrogens with zero attached hydrogens (tertiary/aromatic N) is 2. The number of hydrogen-bond acceptors (Lipinski definition) is 5. The second kappa shape index (κ2) is 5.53. The molecule has 0 unspecified atom stereocenters. The number of hydrogen-bond donors (Lipinski definition) is 1. The van der Waals surface area contributed by atoms with Gasteiger partial charge in [0.15, 0.2) is 0 Å². The Morgan fingerprint density at radius 2 is 2.21 bits per heavy atom. The minimum Gasteiger partial charge on any atom is -0.448 e. The molecule has 0 aliphatic heterocycles. The molecule has 0 atom stereocenters. The minimum atomic E-state index is -0.540. The number of pyridine rings is 1. The quantitative estimate of drug-likeness (QED) is 0.685. The lowest BCUT2D eigenvalue weighted by Gasteiger charge is -2.08. The van der Waals surface area contributed by atoms with Gasteiger partial charge in [-0.25, -0.2) is 4.98 Å². The summed E-state index contributed by atoms with van der Waals surface area (Å²) in [6.45, 7) is 0. The highest BCUT2D eigenvalue weighted by atomic mass is 35.5. The summed E-state index contributed by atoms with van der Waals surface area (Å²) in [5.41, 5.74) is -0.185. The summed E-state index contributed by atoms with van der Waals surface area (Å²) in [5, 5.41) is 14.0. The molecule has 1 aromatic carbocycles. The number of halogens is 1. The number of rotatable bonds is 4. The van der Waals surface area contributed by atoms with Gasteiger partial charge in [-0.15, -0.1) is 0 Å². The number of para-hydroxylation sites is 1. The lowest BCUT2D eigenvalue weighted by molar-refractivity contribution is -0.385. The second-order valence-electron chi connectivity index (χ2n) is 3.57. The molecule has 19 heavy (non-hydrogen) atoms. The van der Waals surface area contributed by atoms with E-state index in [-0.39, 0.29) is 16.5 Å². The molecular weight excluding hydrogens is 270 g/mol. The smallest absolute Gasteiger partial charge is 0.313 e. The van der Waals surface area contributed by atoms with Crippen LogP contribution in [0.1, 0.15) is 0 Å². The van der Waals surface area contributed by atoms with Crippen LogP contribution < -0.4 is 10.1 Å². The van der Waals surface area contributed by atoms with Crippen molar-refractivity contribution in [3.05, 3.63) is 51.7 Å². The molecule has 98 valence electrons. The number of anilines is 1. The van der Waals surface area contributed by atoms with Crippen molar-refractivity contribution >= 4 is 23.1 Å². The van der Waals surface area contributed by atoms with Gasteiger partial charge in [-0.1, -0.05) is 17.7 Å². The maximum absolute atomic E-state index is 10.9. The molecule has 0 bridgehead atoms. The molecule has 0 radical (unpaired) electrons. The Morgan fingerprint density at radius 1 is 1.42 bits per heavy atom. The van der Waals surface area contributed by atoms with Crippen LogP contribution in [0.2, 0.25) is 5.02 Å². The summed E-state index contributed by atoms with van der Waals surface area (Å²) in [5.74, 6) is 1.02. The molecule has 0 saturated heterocycles. The largest absolute Gasteiger partial charge is 0.448 e. The summed E-state index contributed by atoms with van der Waals surface area (Å²) in [4.78, 5) is 14.4. The fourth-order valence-corrected chi connectivity index (χ4v) is 1.68. The summed E-state index contributed by atoms with van der Waals surface area (Å²) in [6.07, 6.45) is 1.53. The first-order valence-corrected chi connectivity index (χ1v) is 5.74. The molecule has 0 aliphatic carbocycles. The average Bonchev–Trinajstić information content (AvgIpc) is 2.41. The first-order chi connectivity index (χ1) is 9.11. The van der Waals surface area contributed by atoms with Crippen molar-refractivity contribution in [2.24, 2.45) is 0 Å². The van der Waals surface area contributed by atoms with Crippen molar-refractivity contribution in [2.45, 2.75) is 0 Å². The highest BCUT2D eigenvalue weighted by Crippen LogP contribution is 2.37. The van der Waals surface area contributed by atoms with Crippen molar-refractivity contribution in [1.82, 2.24) is 4.98 Å². The van der Waals surface area contributed by atoms with E-state index < -0.39 is 4.92 Å². The molecular formula is C12H10ClN3O3. The van der Waals surface area contributed by atoms with E-state index in [1.807, 2.05) is 0 Å². The molecule has 6 nitrogen and oxygen atoms in total. The molecule has 7 heteroatoms. The number of nitrogens with one attached hydrogen (secondary N) is 1. The third kappa shape index (κ3) is 2.92. The van der Waals surface area contributed by atoms with Gasteiger partial charge in [0, 0.05) is 25.4 Å². The summed E-state index contributed by atoms with van der Waals surface area (Å²) >= 11 is 5.94. The van der Waals surface area contributed by atoms with Crippen molar-refractivity contribution in [3.63, 3.8) is 0 Å². The van der Waals surface area contributed by atoms with Crippen LogP contribution in [-0.2, 0) is 0 Å². The van der Waals surface area contributed by atoms with Crippen LogP contribution in [-0.4, -0.2) is 17.0 Å². The lowest BCUT2D eigenvalue weighted by atomic mass is 10.3. The van der Waals surface area contributed by atoms with Gasteiger partial charge in [-0.2, -0.15) is 0 Å². The van der Waals surface area contributed by atoms with Crippen molar-refractivity contribution < 1.29 is 9.66 Å².